The van der Waals surface area contributed by atoms with E-state index in [9.17, 15) is 23.1 Å². The van der Waals surface area contributed by atoms with Gasteiger partial charge in [-0.15, -0.1) is 0 Å². The summed E-state index contributed by atoms with van der Waals surface area (Å²) in [5, 5.41) is 12.8. The number of nitrogens with zero attached hydrogens (tertiary/aromatic N) is 2. The topological polar surface area (TPSA) is 125 Å². The van der Waals surface area contributed by atoms with Crippen LogP contribution in [0.25, 0.3) is 0 Å². The average molecular weight is 596 g/mol. The number of fused-ring (bicyclic) bond motifs is 1. The molecule has 1 aliphatic rings. The Bertz CT molecular complexity index is 1500. The molecule has 1 aliphatic heterocycles. The minimum Gasteiger partial charge on any atom is -0.497 e. The van der Waals surface area contributed by atoms with Crippen LogP contribution in [0.2, 0.25) is 0 Å². The summed E-state index contributed by atoms with van der Waals surface area (Å²) < 4.78 is 39.4. The van der Waals surface area contributed by atoms with E-state index in [0.717, 1.165) is 5.56 Å². The van der Waals surface area contributed by atoms with Gasteiger partial charge in [0.2, 0.25) is 15.9 Å². The fraction of sp³-hybridized carbons (Fsp3) is 0.355. The number of ether oxygens (including phenoxy) is 2. The van der Waals surface area contributed by atoms with Crippen molar-refractivity contribution in [2.75, 3.05) is 39.2 Å². The highest BCUT2D eigenvalue weighted by atomic mass is 32.2. The Hall–Kier alpha value is -3.93. The number of carbonyl (C=O) groups is 2. The fourth-order valence-electron chi connectivity index (χ4n) is 4.78. The lowest BCUT2D eigenvalue weighted by Crippen LogP contribution is -2.50. The fourth-order valence-corrected chi connectivity index (χ4v) is 5.97. The third kappa shape index (κ3) is 7.10. The number of hydrogen-bond donors (Lipinski definition) is 2. The number of rotatable bonds is 10. The predicted octanol–water partition coefficient (Wildman–Crippen LogP) is 3.42. The van der Waals surface area contributed by atoms with E-state index in [-0.39, 0.29) is 60.1 Å². The maximum Gasteiger partial charge on any atom is 0.258 e. The number of benzene rings is 3. The van der Waals surface area contributed by atoms with Crippen LogP contribution in [0, 0.1) is 5.92 Å². The predicted molar refractivity (Wildman–Crippen MR) is 159 cm³/mol. The molecule has 0 radical (unpaired) electrons. The Morgan fingerprint density at radius 2 is 1.83 bits per heavy atom. The molecule has 0 unspecified atom stereocenters. The van der Waals surface area contributed by atoms with Crippen LogP contribution in [0.15, 0.2) is 77.7 Å². The standard InChI is InChI=1S/C31H37N3O7S/c1-21-18-34(22(2)20-35)31(37)27-17-24(32-30(36)16-23-8-6-5-7-9-23)10-15-28(27)41-29(21)19-33(3)42(38,39)26-13-11-25(40-4)12-14-26/h5-15,17,21-22,29,35H,16,18-20H2,1-4H3,(H,32,36)/t21-,22+,29-/m1/s1. The number of amides is 2. The third-order valence-corrected chi connectivity index (χ3v) is 9.20. The summed E-state index contributed by atoms with van der Waals surface area (Å²) in [4.78, 5) is 28.1. The molecule has 0 aliphatic carbocycles. The first-order valence-corrected chi connectivity index (χ1v) is 15.1. The summed E-state index contributed by atoms with van der Waals surface area (Å²) in [7, 11) is -0.853. The number of aliphatic hydroxyl groups excluding tert-OH is 1. The van der Waals surface area contributed by atoms with E-state index in [1.807, 2.05) is 37.3 Å². The second-order valence-corrected chi connectivity index (χ2v) is 12.6. The highest BCUT2D eigenvalue weighted by Gasteiger charge is 2.35. The van der Waals surface area contributed by atoms with E-state index >= 15 is 0 Å². The van der Waals surface area contributed by atoms with E-state index in [0.29, 0.717) is 11.4 Å². The minimum absolute atomic E-state index is 0.0140. The van der Waals surface area contributed by atoms with Gasteiger partial charge in [0.25, 0.3) is 5.91 Å². The second kappa shape index (κ2) is 13.4. The molecule has 3 aromatic carbocycles. The quantitative estimate of drug-likeness (QED) is 0.368. The molecule has 0 saturated heterocycles. The summed E-state index contributed by atoms with van der Waals surface area (Å²) >= 11 is 0. The van der Waals surface area contributed by atoms with Crippen LogP contribution in [0.4, 0.5) is 5.69 Å². The molecule has 11 heteroatoms. The van der Waals surface area contributed by atoms with Gasteiger partial charge in [0, 0.05) is 25.2 Å². The Balaban J connectivity index is 1.61. The Kier molecular flexibility index (Phi) is 9.87. The van der Waals surface area contributed by atoms with E-state index in [1.54, 1.807) is 42.2 Å². The smallest absolute Gasteiger partial charge is 0.258 e. The van der Waals surface area contributed by atoms with E-state index in [1.165, 1.54) is 30.6 Å². The number of likely N-dealkylation sites (N-methyl/N-ethyl adjacent to an activating group) is 1. The molecule has 1 heterocycles. The van der Waals surface area contributed by atoms with Crippen LogP contribution in [0.1, 0.15) is 29.8 Å². The SMILES string of the molecule is COc1ccc(S(=O)(=O)N(C)C[C@H]2Oc3ccc(NC(=O)Cc4ccccc4)cc3C(=O)N([C@@H](C)CO)C[C@H]2C)cc1. The summed E-state index contributed by atoms with van der Waals surface area (Å²) in [5.74, 6) is -0.0607. The Morgan fingerprint density at radius 3 is 2.48 bits per heavy atom. The van der Waals surface area contributed by atoms with Gasteiger partial charge in [0.05, 0.1) is 43.2 Å². The lowest BCUT2D eigenvalue weighted by atomic mass is 9.99. The van der Waals surface area contributed by atoms with E-state index in [4.69, 9.17) is 9.47 Å². The Labute approximate surface area is 246 Å². The first-order valence-electron chi connectivity index (χ1n) is 13.7. The zero-order chi connectivity index (χ0) is 30.4. The number of nitrogens with one attached hydrogen (secondary N) is 1. The molecular weight excluding hydrogens is 558 g/mol. The number of carbonyl (C=O) groups excluding carboxylic acids is 2. The van der Waals surface area contributed by atoms with Gasteiger partial charge in [-0.05, 0) is 55.0 Å². The number of methoxy groups -OCH3 is 1. The van der Waals surface area contributed by atoms with Crippen LogP contribution >= 0.6 is 0 Å². The van der Waals surface area contributed by atoms with Crippen molar-refractivity contribution in [3.05, 3.63) is 83.9 Å². The van der Waals surface area contributed by atoms with E-state index < -0.39 is 22.2 Å². The van der Waals surface area contributed by atoms with Crippen LogP contribution in [0.5, 0.6) is 11.5 Å². The van der Waals surface area contributed by atoms with Crippen molar-refractivity contribution in [2.24, 2.45) is 5.92 Å². The third-order valence-electron chi connectivity index (χ3n) is 7.36. The molecule has 10 nitrogen and oxygen atoms in total. The first-order chi connectivity index (χ1) is 20.0. The molecule has 3 atom stereocenters. The van der Waals surface area contributed by atoms with Crippen molar-refractivity contribution in [3.63, 3.8) is 0 Å². The summed E-state index contributed by atoms with van der Waals surface area (Å²) in [5.41, 5.74) is 1.49. The highest BCUT2D eigenvalue weighted by molar-refractivity contribution is 7.89. The van der Waals surface area contributed by atoms with Crippen molar-refractivity contribution >= 4 is 27.5 Å². The van der Waals surface area contributed by atoms with Crippen molar-refractivity contribution in [3.8, 4) is 11.5 Å². The van der Waals surface area contributed by atoms with Crippen molar-refractivity contribution < 1.29 is 32.6 Å². The number of hydrogen-bond acceptors (Lipinski definition) is 7. The van der Waals surface area contributed by atoms with Gasteiger partial charge in [-0.2, -0.15) is 4.31 Å². The molecular formula is C31H37N3O7S. The van der Waals surface area contributed by atoms with Gasteiger partial charge >= 0.3 is 0 Å². The zero-order valence-corrected chi connectivity index (χ0v) is 25.0. The molecule has 0 bridgehead atoms. The average Bonchev–Trinajstić information content (AvgIpc) is 2.99. The largest absolute Gasteiger partial charge is 0.497 e. The van der Waals surface area contributed by atoms with Gasteiger partial charge in [-0.3, -0.25) is 9.59 Å². The maximum atomic E-state index is 13.7. The number of anilines is 1. The van der Waals surface area contributed by atoms with Gasteiger partial charge in [-0.25, -0.2) is 8.42 Å². The second-order valence-electron chi connectivity index (χ2n) is 10.5. The van der Waals surface area contributed by atoms with Crippen LogP contribution in [-0.4, -0.2) is 80.5 Å². The molecule has 2 N–H and O–H groups in total. The zero-order valence-electron chi connectivity index (χ0n) is 24.2. The summed E-state index contributed by atoms with van der Waals surface area (Å²) in [6.07, 6.45) is -0.452. The van der Waals surface area contributed by atoms with Gasteiger partial charge in [-0.1, -0.05) is 37.3 Å². The molecule has 0 saturated carbocycles. The molecule has 0 aromatic heterocycles. The van der Waals surface area contributed by atoms with Gasteiger partial charge in [0.1, 0.15) is 17.6 Å². The lowest BCUT2D eigenvalue weighted by molar-refractivity contribution is -0.115. The monoisotopic (exact) mass is 595 g/mol. The summed E-state index contributed by atoms with van der Waals surface area (Å²) in [6.45, 7) is 3.61. The van der Waals surface area contributed by atoms with Crippen LogP contribution < -0.4 is 14.8 Å². The lowest BCUT2D eigenvalue weighted by Gasteiger charge is -2.38. The molecule has 0 fully saturated rings. The number of aliphatic hydroxyl groups is 1. The van der Waals surface area contributed by atoms with Crippen LogP contribution in [0.3, 0.4) is 0 Å². The van der Waals surface area contributed by atoms with Crippen molar-refractivity contribution in [2.45, 2.75) is 37.3 Å². The molecule has 2 amide bonds. The molecule has 42 heavy (non-hydrogen) atoms. The highest BCUT2D eigenvalue weighted by Crippen LogP contribution is 2.31. The first kappa shape index (κ1) is 31.0. The van der Waals surface area contributed by atoms with E-state index in [2.05, 4.69) is 5.32 Å². The summed E-state index contributed by atoms with van der Waals surface area (Å²) in [6, 6.07) is 19.8. The molecule has 0 spiro atoms. The molecule has 224 valence electrons. The van der Waals surface area contributed by atoms with Crippen molar-refractivity contribution in [1.82, 2.24) is 9.21 Å². The van der Waals surface area contributed by atoms with Gasteiger partial charge < -0.3 is 24.8 Å². The molecule has 3 aromatic rings. The Morgan fingerprint density at radius 1 is 1.14 bits per heavy atom. The minimum atomic E-state index is -3.85. The van der Waals surface area contributed by atoms with Crippen molar-refractivity contribution in [1.29, 1.82) is 0 Å². The number of sulfonamides is 1. The normalized spacial score (nSPS) is 18.0. The molecule has 4 rings (SSSR count). The maximum absolute atomic E-state index is 13.7. The van der Waals surface area contributed by atoms with Crippen LogP contribution in [-0.2, 0) is 21.2 Å². The van der Waals surface area contributed by atoms with Gasteiger partial charge in [0.15, 0.2) is 0 Å².